The Morgan fingerprint density at radius 1 is 0.433 bits per heavy atom. The summed E-state index contributed by atoms with van der Waals surface area (Å²) in [7, 11) is -1.91. The van der Waals surface area contributed by atoms with Crippen molar-refractivity contribution in [2.45, 2.75) is 18.5 Å². The van der Waals surface area contributed by atoms with Crippen molar-refractivity contribution in [2.24, 2.45) is 0 Å². The van der Waals surface area contributed by atoms with Crippen LogP contribution in [0.3, 0.4) is 0 Å². The minimum absolute atomic E-state index is 0.452. The summed E-state index contributed by atoms with van der Waals surface area (Å²) in [6.45, 7) is 5.02. The van der Waals surface area contributed by atoms with Gasteiger partial charge < -0.3 is 9.47 Å². The van der Waals surface area contributed by atoms with Gasteiger partial charge in [0.25, 0.3) is 0 Å². The number of para-hydroxylation sites is 1. The van der Waals surface area contributed by atoms with E-state index in [-0.39, 0.29) is 0 Å². The number of nitrogens with zero attached hydrogens (tertiary/aromatic N) is 2. The molecule has 314 valence electrons. The zero-order chi connectivity index (χ0) is 44.2. The second-order valence-electron chi connectivity index (χ2n) is 19.1. The molecule has 12 aromatic rings. The molecule has 2 nitrogen and oxygen atoms in total. The molecule has 0 bridgehead atoms. The molecule has 3 aliphatic rings. The van der Waals surface area contributed by atoms with Gasteiger partial charge in [-0.1, -0.05) is 177 Å². The highest BCUT2D eigenvalue weighted by Gasteiger charge is 2.52. The fourth-order valence-corrected chi connectivity index (χ4v) is 17.2. The smallest absolute Gasteiger partial charge is 0.113 e. The first kappa shape index (κ1) is 37.5. The van der Waals surface area contributed by atoms with Gasteiger partial charge in [-0.25, -0.2) is 0 Å². The Balaban J connectivity index is 1.05. The predicted octanol–water partition coefficient (Wildman–Crippen LogP) is 15.8. The predicted molar refractivity (Wildman–Crippen MR) is 287 cm³/mol. The molecule has 67 heavy (non-hydrogen) atoms. The zero-order valence-corrected chi connectivity index (χ0v) is 38.9. The van der Waals surface area contributed by atoms with Gasteiger partial charge in [-0.2, -0.15) is 0 Å². The second-order valence-corrected chi connectivity index (χ2v) is 24.5. The standard InChI is InChI=1S/C63H42N2SSi/c1-67(2)58-30-15-10-22-45(58)49-37-40(32-36-59(49)67)64(54-28-16-27-53-60(54)47-23-8-13-26-52(47)63(53)50-24-11-6-19-42(50)43-20-7-12-25-51(43)63)41-31-33-48-56(38-41)65(39-17-4-3-5-18-39)55-35-34-46-44-21-9-14-29-57(44)66-62(46)61(48)55/h3-38H,1-2H3. The number of hydrogen-bond acceptors (Lipinski definition) is 2. The molecule has 2 aliphatic carbocycles. The van der Waals surface area contributed by atoms with Crippen LogP contribution in [0.2, 0.25) is 13.1 Å². The lowest BCUT2D eigenvalue weighted by atomic mass is 9.70. The Morgan fingerprint density at radius 2 is 1.03 bits per heavy atom. The molecule has 0 saturated heterocycles. The summed E-state index contributed by atoms with van der Waals surface area (Å²) < 4.78 is 5.16. The maximum atomic E-state index is 2.58. The molecule has 1 spiro atoms. The molecule has 0 N–H and O–H groups in total. The van der Waals surface area contributed by atoms with Gasteiger partial charge in [0.15, 0.2) is 0 Å². The first-order valence-corrected chi connectivity index (χ1v) is 27.2. The van der Waals surface area contributed by atoms with Crippen molar-refractivity contribution >= 4 is 88.8 Å². The van der Waals surface area contributed by atoms with Gasteiger partial charge in [0, 0.05) is 53.6 Å². The van der Waals surface area contributed by atoms with E-state index >= 15 is 0 Å². The third-order valence-corrected chi connectivity index (χ3v) is 20.4. The van der Waals surface area contributed by atoms with E-state index in [1.54, 1.807) is 0 Å². The zero-order valence-electron chi connectivity index (χ0n) is 37.1. The van der Waals surface area contributed by atoms with Crippen molar-refractivity contribution in [2.75, 3.05) is 4.90 Å². The number of rotatable bonds is 4. The van der Waals surface area contributed by atoms with E-state index in [4.69, 9.17) is 0 Å². The van der Waals surface area contributed by atoms with E-state index in [0.29, 0.717) is 0 Å². The van der Waals surface area contributed by atoms with Crippen molar-refractivity contribution in [3.63, 3.8) is 0 Å². The highest BCUT2D eigenvalue weighted by molar-refractivity contribution is 7.26. The van der Waals surface area contributed by atoms with Crippen molar-refractivity contribution in [1.29, 1.82) is 0 Å². The SMILES string of the molecule is C[Si]1(C)c2ccccc2-c2cc(N(c3ccc4c5c6sc7ccccc7c6ccc5n(-c5ccccc5)c4c3)c3cccc4c3-c3ccccc3C43c4ccccc4-c4ccccc43)ccc21. The van der Waals surface area contributed by atoms with E-state index in [1.807, 2.05) is 11.3 Å². The Kier molecular flexibility index (Phi) is 7.50. The lowest BCUT2D eigenvalue weighted by Gasteiger charge is -2.32. The van der Waals surface area contributed by atoms with Gasteiger partial charge in [-0.3, -0.25) is 0 Å². The number of aromatic nitrogens is 1. The number of anilines is 3. The fourth-order valence-electron chi connectivity index (χ4n) is 12.9. The summed E-state index contributed by atoms with van der Waals surface area (Å²) in [4.78, 5) is 2.58. The molecule has 3 heterocycles. The Bertz CT molecular complexity index is 4050. The average molecular weight is 887 g/mol. The summed E-state index contributed by atoms with van der Waals surface area (Å²) in [5.41, 5.74) is 19.9. The van der Waals surface area contributed by atoms with Crippen molar-refractivity contribution in [3.05, 3.63) is 241 Å². The topological polar surface area (TPSA) is 8.17 Å². The maximum Gasteiger partial charge on any atom is 0.113 e. The molecular weight excluding hydrogens is 845 g/mol. The van der Waals surface area contributed by atoms with Crippen LogP contribution in [0.4, 0.5) is 17.1 Å². The average Bonchev–Trinajstić information content (AvgIpc) is 4.14. The highest BCUT2D eigenvalue weighted by Crippen LogP contribution is 2.64. The van der Waals surface area contributed by atoms with E-state index in [2.05, 4.69) is 241 Å². The van der Waals surface area contributed by atoms with E-state index in [0.717, 1.165) is 17.1 Å². The molecule has 2 aromatic heterocycles. The minimum atomic E-state index is -1.91. The third-order valence-electron chi connectivity index (χ3n) is 15.6. The summed E-state index contributed by atoms with van der Waals surface area (Å²) in [5.74, 6) is 0. The normalized spacial score (nSPS) is 14.4. The van der Waals surface area contributed by atoms with E-state index < -0.39 is 13.5 Å². The first-order chi connectivity index (χ1) is 33.0. The van der Waals surface area contributed by atoms with Crippen molar-refractivity contribution in [3.8, 4) is 39.1 Å². The Morgan fingerprint density at radius 3 is 1.82 bits per heavy atom. The molecule has 10 aromatic carbocycles. The minimum Gasteiger partial charge on any atom is -0.310 e. The molecule has 1 aliphatic heterocycles. The molecule has 0 unspecified atom stereocenters. The van der Waals surface area contributed by atoms with Gasteiger partial charge in [0.2, 0.25) is 0 Å². The van der Waals surface area contributed by atoms with Crippen LogP contribution >= 0.6 is 11.3 Å². The number of hydrogen-bond donors (Lipinski definition) is 0. The first-order valence-electron chi connectivity index (χ1n) is 23.4. The Labute approximate surface area is 394 Å². The van der Waals surface area contributed by atoms with Gasteiger partial charge in [0.05, 0.1) is 22.1 Å². The summed E-state index contributed by atoms with van der Waals surface area (Å²) in [6.07, 6.45) is 0. The van der Waals surface area contributed by atoms with Crippen LogP contribution in [0.5, 0.6) is 0 Å². The monoisotopic (exact) mass is 886 g/mol. The van der Waals surface area contributed by atoms with Crippen LogP contribution in [-0.2, 0) is 5.41 Å². The maximum absolute atomic E-state index is 2.58. The van der Waals surface area contributed by atoms with Gasteiger partial charge in [-0.05, 0) is 115 Å². The van der Waals surface area contributed by atoms with Crippen molar-refractivity contribution < 1.29 is 0 Å². The molecule has 0 saturated carbocycles. The van der Waals surface area contributed by atoms with Crippen LogP contribution in [0.15, 0.2) is 218 Å². The lowest BCUT2D eigenvalue weighted by molar-refractivity contribution is 0.794. The van der Waals surface area contributed by atoms with Gasteiger partial charge in [-0.15, -0.1) is 11.3 Å². The number of thiophene rings is 1. The van der Waals surface area contributed by atoms with E-state index in [9.17, 15) is 0 Å². The van der Waals surface area contributed by atoms with Crippen LogP contribution in [0.25, 0.3) is 81.0 Å². The number of fused-ring (bicyclic) bond motifs is 20. The largest absolute Gasteiger partial charge is 0.310 e. The molecule has 0 atom stereocenters. The van der Waals surface area contributed by atoms with Crippen molar-refractivity contribution in [1.82, 2.24) is 4.57 Å². The van der Waals surface area contributed by atoms with Gasteiger partial charge in [0.1, 0.15) is 8.07 Å². The summed E-state index contributed by atoms with van der Waals surface area (Å²) in [6, 6.07) is 82.8. The molecule has 15 rings (SSSR count). The van der Waals surface area contributed by atoms with Crippen LogP contribution < -0.4 is 15.3 Å². The van der Waals surface area contributed by atoms with Crippen LogP contribution in [0.1, 0.15) is 22.3 Å². The molecule has 0 radical (unpaired) electrons. The molecular formula is C63H42N2SSi. The highest BCUT2D eigenvalue weighted by atomic mass is 32.1. The third kappa shape index (κ3) is 4.78. The summed E-state index contributed by atoms with van der Waals surface area (Å²) in [5, 5.41) is 8.24. The molecule has 0 fully saturated rings. The number of benzene rings is 10. The van der Waals surface area contributed by atoms with Crippen LogP contribution in [-0.4, -0.2) is 12.6 Å². The Hall–Kier alpha value is -7.76. The quantitative estimate of drug-likeness (QED) is 0.160. The van der Waals surface area contributed by atoms with E-state index in [1.165, 1.54) is 114 Å². The molecule has 0 amide bonds. The van der Waals surface area contributed by atoms with Gasteiger partial charge >= 0.3 is 0 Å². The molecule has 4 heteroatoms. The second kappa shape index (κ2) is 13.4. The summed E-state index contributed by atoms with van der Waals surface area (Å²) >= 11 is 1.91. The fraction of sp³-hybridized carbons (Fsp3) is 0.0476. The van der Waals surface area contributed by atoms with Crippen LogP contribution in [0, 0.1) is 0 Å². The lowest BCUT2D eigenvalue weighted by Crippen LogP contribution is -2.49.